The fraction of sp³-hybridized carbons (Fsp3) is 0.296. The lowest BCUT2D eigenvalue weighted by Gasteiger charge is -2.23. The van der Waals surface area contributed by atoms with Crippen molar-refractivity contribution in [2.24, 2.45) is 0 Å². The Morgan fingerprint density at radius 1 is 1.10 bits per heavy atom. The van der Waals surface area contributed by atoms with Crippen LogP contribution in [0.15, 0.2) is 51.9 Å². The highest BCUT2D eigenvalue weighted by atomic mass is 32.2. The number of benzene rings is 2. The van der Waals surface area contributed by atoms with Gasteiger partial charge in [0, 0.05) is 31.5 Å². The number of H-pyrrole nitrogens is 1. The Hall–Kier alpha value is -4.00. The number of aromatic nitrogens is 4. The number of aryl methyl sites for hydroxylation is 1. The van der Waals surface area contributed by atoms with Crippen LogP contribution < -0.4 is 19.5 Å². The molecule has 0 bridgehead atoms. The topological polar surface area (TPSA) is 136 Å². The minimum atomic E-state index is -1.34. The summed E-state index contributed by atoms with van der Waals surface area (Å²) in [5.41, 5.74) is 4.58. The van der Waals surface area contributed by atoms with Gasteiger partial charge in [0.1, 0.15) is 34.0 Å². The summed E-state index contributed by atoms with van der Waals surface area (Å²) in [5.74, 6) is 1.92. The van der Waals surface area contributed by atoms with E-state index in [0.717, 1.165) is 34.9 Å². The van der Waals surface area contributed by atoms with Crippen molar-refractivity contribution in [1.29, 1.82) is 0 Å². The third kappa shape index (κ3) is 5.05. The Bertz CT molecular complexity index is 1680. The van der Waals surface area contributed by atoms with Gasteiger partial charge in [-0.2, -0.15) is 9.97 Å². The quantitative estimate of drug-likeness (QED) is 0.254. The number of rotatable bonds is 8. The molecule has 0 spiro atoms. The first-order valence-electron chi connectivity index (χ1n) is 12.6. The number of fused-ring (bicyclic) bond motifs is 2. The van der Waals surface area contributed by atoms with Crippen molar-refractivity contribution in [2.45, 2.75) is 30.8 Å². The number of oxazole rings is 1. The third-order valence-corrected chi connectivity index (χ3v) is 7.62. The van der Waals surface area contributed by atoms with Crippen LogP contribution in [0.25, 0.3) is 33.3 Å². The number of nitrogens with zero attached hydrogens (tertiary/aromatic N) is 3. The molecule has 2 aromatic carbocycles. The lowest BCUT2D eigenvalue weighted by Crippen LogP contribution is -2.26. The number of hydrogen-bond acceptors (Lipinski definition) is 9. The lowest BCUT2D eigenvalue weighted by atomic mass is 10.1. The molecule has 3 N–H and O–H groups in total. The monoisotopic (exact) mass is 548 g/mol. The maximum absolute atomic E-state index is 12.2. The molecule has 0 radical (unpaired) electrons. The highest BCUT2D eigenvalue weighted by Gasteiger charge is 2.22. The summed E-state index contributed by atoms with van der Waals surface area (Å²) in [4.78, 5) is 17.8. The summed E-state index contributed by atoms with van der Waals surface area (Å²) in [6.07, 6.45) is 3.41. The van der Waals surface area contributed by atoms with E-state index in [0.29, 0.717) is 58.5 Å². The van der Waals surface area contributed by atoms with Crippen LogP contribution >= 0.6 is 0 Å². The van der Waals surface area contributed by atoms with E-state index in [1.807, 2.05) is 31.3 Å². The van der Waals surface area contributed by atoms with Gasteiger partial charge < -0.3 is 28.9 Å². The SMILES string of the molecule is CNS(=O)c1ccc(Nc2nc(OC3CCOCC3)c3c(-c4ccc5nc(C)oc5c4)c[nH]c3n2)c(OC)c1. The van der Waals surface area contributed by atoms with E-state index in [-0.39, 0.29) is 6.10 Å². The molecule has 5 aromatic rings. The molecule has 1 fully saturated rings. The molecular formula is C27H28N6O5S. The number of nitrogens with one attached hydrogen (secondary N) is 3. The van der Waals surface area contributed by atoms with E-state index < -0.39 is 11.0 Å². The summed E-state index contributed by atoms with van der Waals surface area (Å²) in [5, 5.41) is 4.01. The summed E-state index contributed by atoms with van der Waals surface area (Å²) in [6.45, 7) is 3.11. The number of ether oxygens (including phenoxy) is 3. The number of aromatic amines is 1. The van der Waals surface area contributed by atoms with Gasteiger partial charge in [-0.25, -0.2) is 13.9 Å². The molecule has 12 heteroatoms. The van der Waals surface area contributed by atoms with Crippen molar-refractivity contribution >= 4 is 44.8 Å². The van der Waals surface area contributed by atoms with Gasteiger partial charge in [0.05, 0.1) is 36.3 Å². The summed E-state index contributed by atoms with van der Waals surface area (Å²) >= 11 is 0. The summed E-state index contributed by atoms with van der Waals surface area (Å²) < 4.78 is 38.2. The van der Waals surface area contributed by atoms with Gasteiger partial charge in [-0.1, -0.05) is 6.07 Å². The highest BCUT2D eigenvalue weighted by Crippen LogP contribution is 2.38. The molecule has 3 aromatic heterocycles. The average molecular weight is 549 g/mol. The number of methoxy groups -OCH3 is 1. The largest absolute Gasteiger partial charge is 0.495 e. The molecule has 1 aliphatic heterocycles. The Kier molecular flexibility index (Phi) is 6.90. The predicted molar refractivity (Wildman–Crippen MR) is 148 cm³/mol. The van der Waals surface area contributed by atoms with Crippen molar-refractivity contribution in [3.63, 3.8) is 0 Å². The molecular weight excluding hydrogens is 520 g/mol. The van der Waals surface area contributed by atoms with E-state index >= 15 is 0 Å². The molecule has 1 aliphatic rings. The van der Waals surface area contributed by atoms with Gasteiger partial charge in [0.15, 0.2) is 11.5 Å². The Morgan fingerprint density at radius 3 is 2.74 bits per heavy atom. The Morgan fingerprint density at radius 2 is 1.95 bits per heavy atom. The molecule has 0 saturated carbocycles. The van der Waals surface area contributed by atoms with Crippen molar-refractivity contribution in [1.82, 2.24) is 24.7 Å². The molecule has 39 heavy (non-hydrogen) atoms. The van der Waals surface area contributed by atoms with Gasteiger partial charge in [0.2, 0.25) is 11.8 Å². The molecule has 6 rings (SSSR count). The second-order valence-corrected chi connectivity index (χ2v) is 10.5. The van der Waals surface area contributed by atoms with Crippen molar-refractivity contribution in [3.05, 3.63) is 48.5 Å². The third-order valence-electron chi connectivity index (χ3n) is 6.57. The van der Waals surface area contributed by atoms with Crippen molar-refractivity contribution in [3.8, 4) is 22.8 Å². The van der Waals surface area contributed by atoms with Gasteiger partial charge in [0.25, 0.3) is 0 Å². The zero-order chi connectivity index (χ0) is 26.9. The van der Waals surface area contributed by atoms with E-state index in [9.17, 15) is 4.21 Å². The highest BCUT2D eigenvalue weighted by molar-refractivity contribution is 7.83. The van der Waals surface area contributed by atoms with Gasteiger partial charge in [-0.3, -0.25) is 0 Å². The fourth-order valence-corrected chi connectivity index (χ4v) is 5.30. The molecule has 0 aliphatic carbocycles. The van der Waals surface area contributed by atoms with Crippen LogP contribution in [0.5, 0.6) is 11.6 Å². The molecule has 1 unspecified atom stereocenters. The maximum Gasteiger partial charge on any atom is 0.232 e. The normalized spacial score (nSPS) is 15.1. The van der Waals surface area contributed by atoms with Crippen LogP contribution in [0.4, 0.5) is 11.6 Å². The van der Waals surface area contributed by atoms with Crippen LogP contribution in [0.2, 0.25) is 0 Å². The fourth-order valence-electron chi connectivity index (χ4n) is 4.66. The Balaban J connectivity index is 1.42. The summed E-state index contributed by atoms with van der Waals surface area (Å²) in [7, 11) is 1.85. The first kappa shape index (κ1) is 25.3. The van der Waals surface area contributed by atoms with Gasteiger partial charge in [-0.15, -0.1) is 0 Å². The zero-order valence-corrected chi connectivity index (χ0v) is 22.6. The van der Waals surface area contributed by atoms with Crippen LogP contribution in [0.3, 0.4) is 0 Å². The van der Waals surface area contributed by atoms with E-state index in [1.165, 1.54) is 0 Å². The van der Waals surface area contributed by atoms with Gasteiger partial charge >= 0.3 is 0 Å². The smallest absolute Gasteiger partial charge is 0.232 e. The molecule has 1 saturated heterocycles. The van der Waals surface area contributed by atoms with Crippen molar-refractivity contribution in [2.75, 3.05) is 32.7 Å². The minimum Gasteiger partial charge on any atom is -0.495 e. The predicted octanol–water partition coefficient (Wildman–Crippen LogP) is 4.63. The molecule has 4 heterocycles. The van der Waals surface area contributed by atoms with E-state index in [1.54, 1.807) is 32.4 Å². The van der Waals surface area contributed by atoms with E-state index in [2.05, 4.69) is 20.0 Å². The first-order chi connectivity index (χ1) is 19.0. The Labute approximate surface area is 226 Å². The number of hydrogen-bond donors (Lipinski definition) is 3. The van der Waals surface area contributed by atoms with Crippen LogP contribution in [0, 0.1) is 6.92 Å². The van der Waals surface area contributed by atoms with Crippen molar-refractivity contribution < 1.29 is 22.8 Å². The second-order valence-electron chi connectivity index (χ2n) is 9.08. The molecule has 11 nitrogen and oxygen atoms in total. The molecule has 202 valence electrons. The standard InChI is InChI=1S/C27H28N6O5S/c1-15-30-21-6-4-16(12-23(21)37-15)19-14-29-25-24(19)26(38-17-8-10-36-11-9-17)33-27(32-25)31-20-7-5-18(39(34)28-2)13-22(20)35-3/h4-7,12-14,17,28H,8-11H2,1-3H3,(H2,29,31,32,33). The first-order valence-corrected chi connectivity index (χ1v) is 13.7. The zero-order valence-electron chi connectivity index (χ0n) is 21.7. The van der Waals surface area contributed by atoms with Gasteiger partial charge in [-0.05, 0) is 42.9 Å². The van der Waals surface area contributed by atoms with Crippen LogP contribution in [-0.2, 0) is 15.7 Å². The van der Waals surface area contributed by atoms with Crippen LogP contribution in [-0.4, -0.2) is 57.6 Å². The number of anilines is 2. The second kappa shape index (κ2) is 10.6. The average Bonchev–Trinajstić information content (AvgIpc) is 3.55. The maximum atomic E-state index is 12.2. The summed E-state index contributed by atoms with van der Waals surface area (Å²) in [6, 6.07) is 11.1. The lowest BCUT2D eigenvalue weighted by molar-refractivity contribution is 0.0244. The molecule has 0 amide bonds. The van der Waals surface area contributed by atoms with Crippen LogP contribution in [0.1, 0.15) is 18.7 Å². The minimum absolute atomic E-state index is 0.0304. The molecule has 1 atom stereocenters. The van der Waals surface area contributed by atoms with E-state index in [4.69, 9.17) is 28.6 Å².